The zero-order valence-electron chi connectivity index (χ0n) is 12.6. The van der Waals surface area contributed by atoms with Crippen LogP contribution in [0.15, 0.2) is 47.6 Å². The molecule has 0 aliphatic rings. The zero-order chi connectivity index (χ0) is 17.7. The van der Waals surface area contributed by atoms with Crippen LogP contribution in [0.2, 0.25) is 10.0 Å². The van der Waals surface area contributed by atoms with E-state index in [1.54, 1.807) is 18.2 Å². The van der Waals surface area contributed by atoms with E-state index < -0.39 is 10.8 Å². The summed E-state index contributed by atoms with van der Waals surface area (Å²) in [6, 6.07) is 10.3. The number of hydrogen-bond donors (Lipinski definition) is 1. The average molecular weight is 366 g/mol. The van der Waals surface area contributed by atoms with Crippen molar-refractivity contribution in [2.45, 2.75) is 13.3 Å². The zero-order valence-corrected chi connectivity index (χ0v) is 14.1. The predicted molar refractivity (Wildman–Crippen MR) is 93.9 cm³/mol. The number of nitro benzene ring substituents is 1. The summed E-state index contributed by atoms with van der Waals surface area (Å²) in [5, 5.41) is 15.6. The minimum absolute atomic E-state index is 0.0859. The summed E-state index contributed by atoms with van der Waals surface area (Å²) in [5.74, 6) is -0.471. The van der Waals surface area contributed by atoms with Gasteiger partial charge in [0.05, 0.1) is 15.7 Å². The molecule has 0 spiro atoms. The maximum atomic E-state index is 12.1. The van der Waals surface area contributed by atoms with E-state index in [0.29, 0.717) is 27.7 Å². The molecule has 0 fully saturated rings. The van der Waals surface area contributed by atoms with Gasteiger partial charge in [-0.3, -0.25) is 14.9 Å². The van der Waals surface area contributed by atoms with Gasteiger partial charge in [0, 0.05) is 28.3 Å². The van der Waals surface area contributed by atoms with Crippen molar-refractivity contribution < 1.29 is 9.72 Å². The van der Waals surface area contributed by atoms with Gasteiger partial charge >= 0.3 is 0 Å². The summed E-state index contributed by atoms with van der Waals surface area (Å²) in [5.41, 5.74) is 3.87. The van der Waals surface area contributed by atoms with Gasteiger partial charge in [0.25, 0.3) is 11.6 Å². The molecule has 0 aliphatic heterocycles. The van der Waals surface area contributed by atoms with Crippen molar-refractivity contribution in [1.29, 1.82) is 0 Å². The van der Waals surface area contributed by atoms with Crippen molar-refractivity contribution in [2.24, 2.45) is 5.10 Å². The topological polar surface area (TPSA) is 84.6 Å². The molecule has 0 heterocycles. The number of carbonyl (C=O) groups is 1. The summed E-state index contributed by atoms with van der Waals surface area (Å²) in [6.07, 6.45) is 0.544. The normalized spacial score (nSPS) is 11.2. The Bertz CT molecular complexity index is 805. The van der Waals surface area contributed by atoms with Crippen LogP contribution in [-0.4, -0.2) is 16.5 Å². The molecular weight excluding hydrogens is 353 g/mol. The Morgan fingerprint density at radius 3 is 2.42 bits per heavy atom. The highest BCUT2D eigenvalue weighted by molar-refractivity contribution is 6.37. The molecule has 1 amide bonds. The van der Waals surface area contributed by atoms with Crippen LogP contribution in [0.25, 0.3) is 0 Å². The first kappa shape index (κ1) is 17.9. The van der Waals surface area contributed by atoms with Crippen LogP contribution < -0.4 is 5.43 Å². The third-order valence-electron chi connectivity index (χ3n) is 3.21. The summed E-state index contributed by atoms with van der Waals surface area (Å²) in [4.78, 5) is 22.2. The van der Waals surface area contributed by atoms with Gasteiger partial charge in [-0.1, -0.05) is 36.2 Å². The fourth-order valence-electron chi connectivity index (χ4n) is 1.97. The van der Waals surface area contributed by atoms with Crippen molar-refractivity contribution in [2.75, 3.05) is 0 Å². The van der Waals surface area contributed by atoms with Crippen LogP contribution in [0.1, 0.15) is 29.3 Å². The smallest absolute Gasteiger partial charge is 0.267 e. The Morgan fingerprint density at radius 1 is 1.21 bits per heavy atom. The second-order valence-electron chi connectivity index (χ2n) is 4.78. The molecule has 2 rings (SSSR count). The Hall–Kier alpha value is -2.44. The van der Waals surface area contributed by atoms with Crippen LogP contribution in [0.5, 0.6) is 0 Å². The van der Waals surface area contributed by atoms with Gasteiger partial charge in [0.15, 0.2) is 0 Å². The molecule has 0 saturated carbocycles. The Balaban J connectivity index is 2.17. The standard InChI is InChI=1S/C16H13Cl2N3O3/c1-2-15(13-8-5-11(17)9-14(13)18)19-20-16(22)10-3-6-12(7-4-10)21(23)24/h3-9H,2H2,1H3,(H,20,22)/b19-15+. The van der Waals surface area contributed by atoms with Crippen molar-refractivity contribution in [1.82, 2.24) is 5.43 Å². The summed E-state index contributed by atoms with van der Waals surface area (Å²) in [6.45, 7) is 1.88. The van der Waals surface area contributed by atoms with Crippen LogP contribution in [0.4, 0.5) is 5.69 Å². The van der Waals surface area contributed by atoms with Crippen molar-refractivity contribution in [3.63, 3.8) is 0 Å². The molecule has 0 bridgehead atoms. The monoisotopic (exact) mass is 365 g/mol. The van der Waals surface area contributed by atoms with E-state index in [2.05, 4.69) is 10.5 Å². The van der Waals surface area contributed by atoms with Crippen LogP contribution in [0.3, 0.4) is 0 Å². The molecule has 0 atom stereocenters. The number of carbonyl (C=O) groups excluding carboxylic acids is 1. The lowest BCUT2D eigenvalue weighted by molar-refractivity contribution is -0.384. The maximum absolute atomic E-state index is 12.1. The second-order valence-corrected chi connectivity index (χ2v) is 5.62. The number of hydrogen-bond acceptors (Lipinski definition) is 4. The van der Waals surface area contributed by atoms with E-state index in [4.69, 9.17) is 23.2 Å². The molecule has 2 aromatic carbocycles. The SMILES string of the molecule is CC/C(=N\NC(=O)c1ccc([N+](=O)[O-])cc1)c1ccc(Cl)cc1Cl. The number of nitrogens with zero attached hydrogens (tertiary/aromatic N) is 2. The number of non-ortho nitro benzene ring substituents is 1. The Morgan fingerprint density at radius 2 is 1.88 bits per heavy atom. The van der Waals surface area contributed by atoms with E-state index in [0.717, 1.165) is 0 Å². The molecule has 0 unspecified atom stereocenters. The minimum Gasteiger partial charge on any atom is -0.267 e. The van der Waals surface area contributed by atoms with Crippen molar-refractivity contribution in [3.8, 4) is 0 Å². The first-order valence-electron chi connectivity index (χ1n) is 6.99. The third kappa shape index (κ3) is 4.31. The lowest BCUT2D eigenvalue weighted by Crippen LogP contribution is -2.20. The molecule has 6 nitrogen and oxygen atoms in total. The molecule has 0 saturated heterocycles. The predicted octanol–water partition coefficient (Wildman–Crippen LogP) is 4.45. The largest absolute Gasteiger partial charge is 0.271 e. The van der Waals surface area contributed by atoms with Gasteiger partial charge in [-0.05, 0) is 30.7 Å². The number of benzene rings is 2. The van der Waals surface area contributed by atoms with Gasteiger partial charge in [-0.2, -0.15) is 5.10 Å². The fraction of sp³-hybridized carbons (Fsp3) is 0.125. The molecule has 24 heavy (non-hydrogen) atoms. The van der Waals surface area contributed by atoms with E-state index in [1.807, 2.05) is 6.92 Å². The Kier molecular flexibility index (Phi) is 5.89. The number of hydrazone groups is 1. The summed E-state index contributed by atoms with van der Waals surface area (Å²) in [7, 11) is 0. The van der Waals surface area contributed by atoms with Crippen LogP contribution in [-0.2, 0) is 0 Å². The highest BCUT2D eigenvalue weighted by Gasteiger charge is 2.11. The first-order valence-corrected chi connectivity index (χ1v) is 7.74. The lowest BCUT2D eigenvalue weighted by Gasteiger charge is -2.07. The molecule has 8 heteroatoms. The van der Waals surface area contributed by atoms with Crippen molar-refractivity contribution >= 4 is 40.5 Å². The summed E-state index contributed by atoms with van der Waals surface area (Å²) < 4.78 is 0. The molecule has 1 N–H and O–H groups in total. The molecule has 0 radical (unpaired) electrons. The first-order chi connectivity index (χ1) is 11.4. The van der Waals surface area contributed by atoms with Crippen LogP contribution in [0, 0.1) is 10.1 Å². The number of halogens is 2. The number of nitrogens with one attached hydrogen (secondary N) is 1. The van der Waals surface area contributed by atoms with E-state index in [1.165, 1.54) is 24.3 Å². The van der Waals surface area contributed by atoms with Gasteiger partial charge in [-0.25, -0.2) is 5.43 Å². The van der Waals surface area contributed by atoms with Gasteiger partial charge in [0.1, 0.15) is 0 Å². The van der Waals surface area contributed by atoms with Gasteiger partial charge in [-0.15, -0.1) is 0 Å². The van der Waals surface area contributed by atoms with E-state index in [9.17, 15) is 14.9 Å². The van der Waals surface area contributed by atoms with Gasteiger partial charge < -0.3 is 0 Å². The number of rotatable bonds is 5. The molecule has 124 valence electrons. The molecule has 0 aromatic heterocycles. The Labute approximate surface area is 148 Å². The quantitative estimate of drug-likeness (QED) is 0.482. The fourth-order valence-corrected chi connectivity index (χ4v) is 2.49. The third-order valence-corrected chi connectivity index (χ3v) is 3.76. The van der Waals surface area contributed by atoms with Crippen LogP contribution >= 0.6 is 23.2 Å². The number of nitro groups is 1. The average Bonchev–Trinajstić information content (AvgIpc) is 2.56. The van der Waals surface area contributed by atoms with Crippen molar-refractivity contribution in [3.05, 3.63) is 73.8 Å². The van der Waals surface area contributed by atoms with E-state index in [-0.39, 0.29) is 11.3 Å². The number of amides is 1. The highest BCUT2D eigenvalue weighted by atomic mass is 35.5. The molecule has 2 aromatic rings. The molecular formula is C16H13Cl2N3O3. The molecule has 0 aliphatic carbocycles. The maximum Gasteiger partial charge on any atom is 0.271 e. The van der Waals surface area contributed by atoms with Gasteiger partial charge in [0.2, 0.25) is 0 Å². The highest BCUT2D eigenvalue weighted by Crippen LogP contribution is 2.22. The minimum atomic E-state index is -0.530. The van der Waals surface area contributed by atoms with E-state index >= 15 is 0 Å². The summed E-state index contributed by atoms with van der Waals surface area (Å²) >= 11 is 12.0. The lowest BCUT2D eigenvalue weighted by atomic mass is 10.1. The second kappa shape index (κ2) is 7.90.